The molecule has 0 saturated heterocycles. The monoisotopic (exact) mass is 483 g/mol. The third-order valence-corrected chi connectivity index (χ3v) is 6.14. The van der Waals surface area contributed by atoms with Gasteiger partial charge in [-0.1, -0.05) is 32.9 Å². The van der Waals surface area contributed by atoms with Gasteiger partial charge in [-0.3, -0.25) is 9.59 Å². The third kappa shape index (κ3) is 5.57. The second kappa shape index (κ2) is 9.49. The maximum absolute atomic E-state index is 13.0. The molecule has 0 bridgehead atoms. The summed E-state index contributed by atoms with van der Waals surface area (Å²) in [6.07, 6.45) is 5.27. The number of carbonyl (C=O) groups is 2. The lowest BCUT2D eigenvalue weighted by Crippen LogP contribution is -2.21. The molecule has 2 heterocycles. The van der Waals surface area contributed by atoms with Crippen molar-refractivity contribution in [1.29, 1.82) is 0 Å². The van der Waals surface area contributed by atoms with Crippen molar-refractivity contribution >= 4 is 29.4 Å². The summed E-state index contributed by atoms with van der Waals surface area (Å²) >= 11 is 0. The topological polar surface area (TPSA) is 89.5 Å². The maximum atomic E-state index is 13.0. The number of rotatable bonds is 6. The maximum Gasteiger partial charge on any atom is 0.255 e. The van der Waals surface area contributed by atoms with E-state index in [9.17, 15) is 9.59 Å². The van der Waals surface area contributed by atoms with E-state index in [1.54, 1.807) is 24.4 Å². The third-order valence-electron chi connectivity index (χ3n) is 6.14. The van der Waals surface area contributed by atoms with Crippen LogP contribution < -0.4 is 20.1 Å². The minimum atomic E-state index is -0.205. The van der Waals surface area contributed by atoms with Crippen LogP contribution in [-0.2, 0) is 15.0 Å². The molecule has 5 rings (SSSR count). The molecule has 184 valence electrons. The quantitative estimate of drug-likeness (QED) is 0.453. The number of hydrogen-bond donors (Lipinski definition) is 2. The van der Waals surface area contributed by atoms with Crippen LogP contribution in [0.1, 0.15) is 44.7 Å². The van der Waals surface area contributed by atoms with Crippen molar-refractivity contribution in [2.24, 2.45) is 5.92 Å². The van der Waals surface area contributed by atoms with E-state index in [4.69, 9.17) is 9.47 Å². The molecule has 2 aromatic carbocycles. The normalized spacial score (nSPS) is 14.7. The number of nitrogens with zero attached hydrogens (tertiary/aromatic N) is 1. The van der Waals surface area contributed by atoms with Crippen LogP contribution in [0.4, 0.5) is 11.5 Å². The summed E-state index contributed by atoms with van der Waals surface area (Å²) < 4.78 is 11.8. The molecule has 36 heavy (non-hydrogen) atoms. The van der Waals surface area contributed by atoms with E-state index in [0.717, 1.165) is 29.7 Å². The average molecular weight is 484 g/mol. The number of ether oxygens (including phenoxy) is 2. The molecule has 0 unspecified atom stereocenters. The predicted molar refractivity (Wildman–Crippen MR) is 139 cm³/mol. The van der Waals surface area contributed by atoms with Crippen LogP contribution in [0.5, 0.6) is 17.2 Å². The summed E-state index contributed by atoms with van der Waals surface area (Å²) in [7, 11) is 0. The minimum Gasteiger partial charge on any atom is -0.488 e. The van der Waals surface area contributed by atoms with Gasteiger partial charge in [0.15, 0.2) is 0 Å². The van der Waals surface area contributed by atoms with Gasteiger partial charge in [-0.25, -0.2) is 4.98 Å². The molecule has 3 aromatic rings. The van der Waals surface area contributed by atoms with Crippen molar-refractivity contribution in [3.63, 3.8) is 0 Å². The first-order valence-corrected chi connectivity index (χ1v) is 12.1. The Morgan fingerprint density at radius 1 is 1.00 bits per heavy atom. The minimum absolute atomic E-state index is 0.00773. The second-order valence-electron chi connectivity index (χ2n) is 10.2. The van der Waals surface area contributed by atoms with E-state index in [1.165, 1.54) is 0 Å². The van der Waals surface area contributed by atoms with Crippen LogP contribution in [0.25, 0.3) is 6.08 Å². The molecule has 1 aliphatic heterocycles. The van der Waals surface area contributed by atoms with Gasteiger partial charge >= 0.3 is 0 Å². The Bertz CT molecular complexity index is 1350. The van der Waals surface area contributed by atoms with Gasteiger partial charge in [0.25, 0.3) is 5.91 Å². The van der Waals surface area contributed by atoms with Crippen LogP contribution in [0, 0.1) is 5.92 Å². The van der Waals surface area contributed by atoms with Gasteiger partial charge in [-0.15, -0.1) is 0 Å². The number of fused-ring (bicyclic) bond motifs is 1. The highest BCUT2D eigenvalue weighted by Gasteiger charge is 2.29. The Kier molecular flexibility index (Phi) is 6.22. The molecular formula is C29H29N3O4. The molecule has 7 nitrogen and oxygen atoms in total. The Hall–Kier alpha value is -4.13. The van der Waals surface area contributed by atoms with E-state index in [1.807, 2.05) is 36.4 Å². The second-order valence-corrected chi connectivity index (χ2v) is 10.2. The summed E-state index contributed by atoms with van der Waals surface area (Å²) in [6.45, 7) is 6.60. The van der Waals surface area contributed by atoms with E-state index in [0.29, 0.717) is 28.6 Å². The van der Waals surface area contributed by atoms with Crippen molar-refractivity contribution in [1.82, 2.24) is 4.98 Å². The van der Waals surface area contributed by atoms with Crippen LogP contribution in [0.2, 0.25) is 0 Å². The van der Waals surface area contributed by atoms with Gasteiger partial charge in [0.1, 0.15) is 29.7 Å². The van der Waals surface area contributed by atoms with Crippen molar-refractivity contribution in [3.05, 3.63) is 77.5 Å². The Balaban J connectivity index is 1.29. The largest absolute Gasteiger partial charge is 0.488 e. The van der Waals surface area contributed by atoms with Gasteiger partial charge in [-0.2, -0.15) is 0 Å². The zero-order valence-corrected chi connectivity index (χ0v) is 20.6. The zero-order valence-electron chi connectivity index (χ0n) is 20.6. The van der Waals surface area contributed by atoms with E-state index < -0.39 is 0 Å². The summed E-state index contributed by atoms with van der Waals surface area (Å²) in [4.78, 5) is 29.2. The summed E-state index contributed by atoms with van der Waals surface area (Å²) in [5.41, 5.74) is 3.16. The van der Waals surface area contributed by atoms with Crippen LogP contribution in [0.3, 0.4) is 0 Å². The number of carbonyl (C=O) groups excluding carboxylic acids is 2. The smallest absolute Gasteiger partial charge is 0.255 e. The summed E-state index contributed by atoms with van der Waals surface area (Å²) in [5.74, 6) is 2.15. The van der Waals surface area contributed by atoms with Gasteiger partial charge in [0.05, 0.1) is 5.57 Å². The lowest BCUT2D eigenvalue weighted by atomic mass is 9.87. The fourth-order valence-corrected chi connectivity index (χ4v) is 3.88. The lowest BCUT2D eigenvalue weighted by molar-refractivity contribution is -0.117. The molecule has 1 saturated carbocycles. The molecule has 2 aliphatic rings. The van der Waals surface area contributed by atoms with E-state index in [-0.39, 0.29) is 29.8 Å². The fraction of sp³-hybridized carbons (Fsp3) is 0.276. The number of anilines is 2. The Labute approximate surface area is 210 Å². The molecule has 1 fully saturated rings. The summed E-state index contributed by atoms with van der Waals surface area (Å²) in [5, 5.41) is 5.81. The van der Waals surface area contributed by atoms with Gasteiger partial charge < -0.3 is 20.1 Å². The summed E-state index contributed by atoms with van der Waals surface area (Å²) in [6, 6.07) is 16.8. The van der Waals surface area contributed by atoms with Crippen molar-refractivity contribution < 1.29 is 19.1 Å². The van der Waals surface area contributed by atoms with Crippen molar-refractivity contribution in [2.45, 2.75) is 39.0 Å². The van der Waals surface area contributed by atoms with Crippen molar-refractivity contribution in [2.75, 3.05) is 17.2 Å². The molecule has 1 aliphatic carbocycles. The van der Waals surface area contributed by atoms with Gasteiger partial charge in [0, 0.05) is 29.4 Å². The first-order valence-electron chi connectivity index (χ1n) is 12.1. The number of nitrogens with one attached hydrogen (secondary N) is 2. The molecular weight excluding hydrogens is 454 g/mol. The lowest BCUT2D eigenvalue weighted by Gasteiger charge is -2.21. The molecule has 1 aromatic heterocycles. The number of pyridine rings is 1. The SMILES string of the molecule is CC(C)(C)c1cccc(NC(=O)C2=Cc3cc(Oc4ccnc(NC(=O)C5CC5)c4)ccc3OC2)c1. The average Bonchev–Trinajstić information content (AvgIpc) is 3.69. The number of aromatic nitrogens is 1. The Morgan fingerprint density at radius 3 is 2.58 bits per heavy atom. The van der Waals surface area contributed by atoms with E-state index >= 15 is 0 Å². The predicted octanol–water partition coefficient (Wildman–Crippen LogP) is 5.93. The Morgan fingerprint density at radius 2 is 1.81 bits per heavy atom. The van der Waals surface area contributed by atoms with Crippen LogP contribution in [0.15, 0.2) is 66.4 Å². The van der Waals surface area contributed by atoms with Crippen LogP contribution >= 0.6 is 0 Å². The highest BCUT2D eigenvalue weighted by Crippen LogP contribution is 2.34. The first-order chi connectivity index (χ1) is 17.2. The fourth-order valence-electron chi connectivity index (χ4n) is 3.88. The standard InChI is InChI=1S/C29H29N3O4/c1-29(2,3)21-5-4-6-22(15-21)31-28(34)20-13-19-14-23(9-10-25(19)35-17-20)36-24-11-12-30-26(16-24)32-27(33)18-7-8-18/h4-6,9-16,18H,7-8,17H2,1-3H3,(H,31,34)(H,30,32,33). The van der Waals surface area contributed by atoms with Crippen molar-refractivity contribution in [3.8, 4) is 17.2 Å². The highest BCUT2D eigenvalue weighted by molar-refractivity contribution is 6.07. The molecule has 7 heteroatoms. The zero-order chi connectivity index (χ0) is 25.3. The first kappa shape index (κ1) is 23.6. The molecule has 0 radical (unpaired) electrons. The van der Waals surface area contributed by atoms with Crippen LogP contribution in [-0.4, -0.2) is 23.4 Å². The molecule has 2 amide bonds. The number of amides is 2. The molecule has 0 atom stereocenters. The van der Waals surface area contributed by atoms with E-state index in [2.05, 4.69) is 42.5 Å². The van der Waals surface area contributed by atoms with Gasteiger partial charge in [0.2, 0.25) is 5.91 Å². The number of benzene rings is 2. The molecule has 0 spiro atoms. The number of hydrogen-bond acceptors (Lipinski definition) is 5. The molecule has 2 N–H and O–H groups in total. The highest BCUT2D eigenvalue weighted by atomic mass is 16.5. The van der Waals surface area contributed by atoms with Gasteiger partial charge in [-0.05, 0) is 66.3 Å².